The molecule has 5 amide bonds. The Balaban J connectivity index is 1.000. The molecular formula is C40H39N9O5. The lowest BCUT2D eigenvalue weighted by Gasteiger charge is -2.32. The van der Waals surface area contributed by atoms with Crippen molar-refractivity contribution in [3.63, 3.8) is 0 Å². The molecule has 7 rings (SSSR count). The Morgan fingerprint density at radius 2 is 1.80 bits per heavy atom. The van der Waals surface area contributed by atoms with Crippen molar-refractivity contribution >= 4 is 46.4 Å². The summed E-state index contributed by atoms with van der Waals surface area (Å²) < 4.78 is 2.13. The third-order valence-corrected chi connectivity index (χ3v) is 9.67. The van der Waals surface area contributed by atoms with Gasteiger partial charge in [-0.2, -0.15) is 0 Å². The maximum atomic E-state index is 13.0. The molecule has 5 aromatic rings. The van der Waals surface area contributed by atoms with E-state index in [1.165, 1.54) is 6.07 Å². The highest BCUT2D eigenvalue weighted by Crippen LogP contribution is 2.37. The molecule has 54 heavy (non-hydrogen) atoms. The lowest BCUT2D eigenvalue weighted by molar-refractivity contribution is -0.136. The summed E-state index contributed by atoms with van der Waals surface area (Å²) in [4.78, 5) is 82.1. The average molecular weight is 726 g/mol. The van der Waals surface area contributed by atoms with Crippen molar-refractivity contribution in [2.75, 3.05) is 13.6 Å². The molecule has 1 saturated heterocycles. The lowest BCUT2D eigenvalue weighted by atomic mass is 10.00. The molecule has 2 aliphatic rings. The van der Waals surface area contributed by atoms with Gasteiger partial charge in [-0.3, -0.25) is 39.3 Å². The second-order valence-electron chi connectivity index (χ2n) is 13.2. The van der Waals surface area contributed by atoms with Gasteiger partial charge in [-0.05, 0) is 54.6 Å². The standard InChI is InChI=1S/C40H39N9O5/c1-4-32-40(54)48(3)22-33-36(46-34(5-2)49(32)33)26-12-6-9-23-19-31(43-21-27(23)26)24-14-15-28(42-20-24)37(51)41-18-8-11-25-10-7-13-29(44-25)38(52)45-30-16-17-35(50)47-39(30)53/h6-15,19-21,30,32H,4-5,16-18,22H2,1-3H3,(H,41,51)(H,45,52)(H,47,50,53)/b11-8+. The molecule has 6 heterocycles. The van der Waals surface area contributed by atoms with Crippen LogP contribution < -0.4 is 16.0 Å². The number of nitrogens with zero attached hydrogens (tertiary/aromatic N) is 6. The number of likely N-dealkylation sites (N-methyl/N-ethyl adjacent to an activating group) is 1. The first-order valence-electron chi connectivity index (χ1n) is 17.9. The Kier molecular flexibility index (Phi) is 10.1. The summed E-state index contributed by atoms with van der Waals surface area (Å²) in [7, 11) is 1.84. The fourth-order valence-electron chi connectivity index (χ4n) is 6.90. The number of fused-ring (bicyclic) bond motifs is 2. The van der Waals surface area contributed by atoms with Crippen LogP contribution in [0.15, 0.2) is 73.1 Å². The minimum Gasteiger partial charge on any atom is -0.347 e. The van der Waals surface area contributed by atoms with Crippen molar-refractivity contribution in [1.29, 1.82) is 0 Å². The largest absolute Gasteiger partial charge is 0.347 e. The normalized spacial score (nSPS) is 17.1. The maximum Gasteiger partial charge on any atom is 0.270 e. The number of aryl methyl sites for hydroxylation is 1. The van der Waals surface area contributed by atoms with Gasteiger partial charge in [0.2, 0.25) is 17.7 Å². The van der Waals surface area contributed by atoms with Crippen molar-refractivity contribution in [2.45, 2.75) is 58.2 Å². The molecule has 0 saturated carbocycles. The van der Waals surface area contributed by atoms with Crippen molar-refractivity contribution in [3.05, 3.63) is 102 Å². The molecule has 0 bridgehead atoms. The number of pyridine rings is 3. The van der Waals surface area contributed by atoms with Gasteiger partial charge in [0.1, 0.15) is 29.3 Å². The maximum absolute atomic E-state index is 13.0. The molecule has 0 spiro atoms. The van der Waals surface area contributed by atoms with Gasteiger partial charge in [0, 0.05) is 55.3 Å². The molecule has 0 aliphatic carbocycles. The summed E-state index contributed by atoms with van der Waals surface area (Å²) in [6.45, 7) is 4.77. The van der Waals surface area contributed by atoms with E-state index in [2.05, 4.69) is 37.4 Å². The van der Waals surface area contributed by atoms with Crippen molar-refractivity contribution in [1.82, 2.24) is 45.4 Å². The van der Waals surface area contributed by atoms with Crippen LogP contribution in [0.25, 0.3) is 39.4 Å². The van der Waals surface area contributed by atoms with Crippen molar-refractivity contribution in [3.8, 4) is 22.5 Å². The summed E-state index contributed by atoms with van der Waals surface area (Å²) in [5.41, 5.74) is 5.18. The molecule has 2 unspecified atom stereocenters. The number of imide groups is 1. The molecule has 14 nitrogen and oxygen atoms in total. The van der Waals surface area contributed by atoms with E-state index >= 15 is 0 Å². The summed E-state index contributed by atoms with van der Waals surface area (Å²) in [6, 6.07) is 15.4. The number of aromatic nitrogens is 5. The highest BCUT2D eigenvalue weighted by atomic mass is 16.2. The molecule has 2 atom stereocenters. The van der Waals surface area contributed by atoms with Crippen LogP contribution in [0.4, 0.5) is 0 Å². The first kappa shape index (κ1) is 35.8. The minimum absolute atomic E-state index is 0.108. The van der Waals surface area contributed by atoms with E-state index in [0.29, 0.717) is 24.4 Å². The predicted octanol–water partition coefficient (Wildman–Crippen LogP) is 4.02. The van der Waals surface area contributed by atoms with Crippen LogP contribution in [0.5, 0.6) is 0 Å². The zero-order valence-electron chi connectivity index (χ0n) is 30.1. The Bertz CT molecular complexity index is 2330. The molecule has 274 valence electrons. The number of imidazole rings is 1. The Labute approximate surface area is 311 Å². The monoisotopic (exact) mass is 725 g/mol. The second-order valence-corrected chi connectivity index (χ2v) is 13.2. The van der Waals surface area contributed by atoms with Gasteiger partial charge in [0.05, 0.1) is 29.3 Å². The number of nitrogens with one attached hydrogen (secondary N) is 3. The van der Waals surface area contributed by atoms with Crippen LogP contribution in [0, 0.1) is 0 Å². The van der Waals surface area contributed by atoms with E-state index in [0.717, 1.165) is 45.5 Å². The van der Waals surface area contributed by atoms with E-state index in [1.54, 1.807) is 41.4 Å². The summed E-state index contributed by atoms with van der Waals surface area (Å²) >= 11 is 0. The summed E-state index contributed by atoms with van der Waals surface area (Å²) in [5, 5.41) is 9.55. The zero-order valence-corrected chi connectivity index (χ0v) is 30.1. The van der Waals surface area contributed by atoms with Gasteiger partial charge in [-0.1, -0.05) is 44.2 Å². The molecule has 1 aromatic carbocycles. The van der Waals surface area contributed by atoms with Crippen LogP contribution in [0.3, 0.4) is 0 Å². The first-order chi connectivity index (χ1) is 26.1. The molecule has 0 radical (unpaired) electrons. The predicted molar refractivity (Wildman–Crippen MR) is 201 cm³/mol. The molecule has 4 aromatic heterocycles. The number of hydrogen-bond acceptors (Lipinski definition) is 9. The van der Waals surface area contributed by atoms with E-state index in [4.69, 9.17) is 9.97 Å². The smallest absolute Gasteiger partial charge is 0.270 e. The highest BCUT2D eigenvalue weighted by molar-refractivity contribution is 6.03. The minimum atomic E-state index is -0.800. The Morgan fingerprint density at radius 1 is 0.963 bits per heavy atom. The number of amides is 5. The number of benzene rings is 1. The van der Waals surface area contributed by atoms with E-state index in [-0.39, 0.29) is 54.5 Å². The van der Waals surface area contributed by atoms with E-state index in [9.17, 15) is 24.0 Å². The van der Waals surface area contributed by atoms with Gasteiger partial charge < -0.3 is 20.1 Å². The van der Waals surface area contributed by atoms with Gasteiger partial charge in [-0.15, -0.1) is 0 Å². The molecule has 1 fully saturated rings. The molecular weight excluding hydrogens is 686 g/mol. The summed E-state index contributed by atoms with van der Waals surface area (Å²) in [6.07, 6.45) is 8.62. The number of carbonyl (C=O) groups excluding carboxylic acids is 5. The first-order valence-corrected chi connectivity index (χ1v) is 17.9. The van der Waals surface area contributed by atoms with Crippen LogP contribution in [0.2, 0.25) is 0 Å². The SMILES string of the molecule is CCc1nc(-c2cccc3cc(-c4ccc(C(=O)NC/C=C/c5cccc(C(=O)NC6CCC(=O)NC6=O)n5)nc4)ncc23)c2n1C(CC)C(=O)N(C)C2. The lowest BCUT2D eigenvalue weighted by Crippen LogP contribution is -2.52. The zero-order chi connectivity index (χ0) is 37.9. The Hall–Kier alpha value is -6.57. The molecule has 2 aliphatic heterocycles. The second kappa shape index (κ2) is 15.2. The third-order valence-electron chi connectivity index (χ3n) is 9.67. The number of carbonyl (C=O) groups is 5. The molecule has 3 N–H and O–H groups in total. The van der Waals surface area contributed by atoms with Gasteiger partial charge in [0.25, 0.3) is 11.8 Å². The van der Waals surface area contributed by atoms with E-state index in [1.807, 2.05) is 50.5 Å². The van der Waals surface area contributed by atoms with Gasteiger partial charge in [0.15, 0.2) is 0 Å². The third kappa shape index (κ3) is 7.09. The van der Waals surface area contributed by atoms with E-state index < -0.39 is 17.9 Å². The van der Waals surface area contributed by atoms with Gasteiger partial charge >= 0.3 is 0 Å². The fraction of sp³-hybridized carbons (Fsp3) is 0.275. The quantitative estimate of drug-likeness (QED) is 0.179. The van der Waals surface area contributed by atoms with Crippen LogP contribution in [-0.4, -0.2) is 78.6 Å². The summed E-state index contributed by atoms with van der Waals surface area (Å²) in [5.74, 6) is -0.776. The van der Waals surface area contributed by atoms with Gasteiger partial charge in [-0.25, -0.2) is 9.97 Å². The number of piperidine rings is 1. The molecule has 14 heteroatoms. The van der Waals surface area contributed by atoms with Crippen molar-refractivity contribution < 1.29 is 24.0 Å². The Morgan fingerprint density at radius 3 is 2.56 bits per heavy atom. The van der Waals surface area contributed by atoms with Crippen LogP contribution in [0.1, 0.15) is 77.3 Å². The fourth-order valence-corrected chi connectivity index (χ4v) is 6.90. The van der Waals surface area contributed by atoms with Crippen LogP contribution >= 0.6 is 0 Å². The average Bonchev–Trinajstić information content (AvgIpc) is 3.55. The van der Waals surface area contributed by atoms with Crippen LogP contribution in [-0.2, 0) is 27.3 Å². The van der Waals surface area contributed by atoms with Crippen molar-refractivity contribution in [2.24, 2.45) is 0 Å². The number of rotatable bonds is 10. The highest BCUT2D eigenvalue weighted by Gasteiger charge is 2.34. The number of hydrogen-bond donors (Lipinski definition) is 3. The topological polar surface area (TPSA) is 181 Å².